The maximum absolute atomic E-state index is 13.2. The molecule has 0 spiro atoms. The van der Waals surface area contributed by atoms with Gasteiger partial charge in [0.15, 0.2) is 11.2 Å². The van der Waals surface area contributed by atoms with Crippen LogP contribution in [0.1, 0.15) is 39.0 Å². The lowest BCUT2D eigenvalue weighted by atomic mass is 9.97. The molecular formula is C46H53N17O6. The van der Waals surface area contributed by atoms with Crippen LogP contribution < -0.4 is 31.9 Å². The molecule has 2 aromatic carbocycles. The molecule has 0 saturated carbocycles. The van der Waals surface area contributed by atoms with Crippen molar-refractivity contribution in [3.63, 3.8) is 0 Å². The molecule has 7 aromatic rings. The number of benzene rings is 2. The molecule has 0 radical (unpaired) electrons. The van der Waals surface area contributed by atoms with Crippen LogP contribution in [-0.2, 0) is 40.4 Å². The van der Waals surface area contributed by atoms with E-state index >= 15 is 0 Å². The number of rotatable bonds is 17. The van der Waals surface area contributed by atoms with E-state index in [0.717, 1.165) is 28.8 Å². The Morgan fingerprint density at radius 2 is 1.71 bits per heavy atom. The summed E-state index contributed by atoms with van der Waals surface area (Å²) in [6.07, 6.45) is 8.74. The second-order valence-corrected chi connectivity index (χ2v) is 17.1. The number of carbonyl (C=O) groups excluding carboxylic acids is 3. The molecule has 5 aromatic heterocycles. The average Bonchev–Trinajstić information content (AvgIpc) is 3.93. The zero-order valence-electron chi connectivity index (χ0n) is 38.3. The van der Waals surface area contributed by atoms with Gasteiger partial charge in [-0.3, -0.25) is 14.4 Å². The third kappa shape index (κ3) is 10.6. The van der Waals surface area contributed by atoms with E-state index in [-0.39, 0.29) is 56.6 Å². The first-order valence-corrected chi connectivity index (χ1v) is 22.5. The summed E-state index contributed by atoms with van der Waals surface area (Å²) in [4.78, 5) is 76.9. The molecule has 9 rings (SSSR count). The Hall–Kier alpha value is -7.89. The summed E-state index contributed by atoms with van der Waals surface area (Å²) in [7, 11) is 4.00. The van der Waals surface area contributed by atoms with E-state index in [9.17, 15) is 14.4 Å². The Morgan fingerprint density at radius 1 is 0.899 bits per heavy atom. The van der Waals surface area contributed by atoms with Gasteiger partial charge in [0.05, 0.1) is 43.2 Å². The number of fused-ring (bicyclic) bond motifs is 3. The van der Waals surface area contributed by atoms with Crippen molar-refractivity contribution in [1.29, 1.82) is 0 Å². The second kappa shape index (κ2) is 20.5. The highest BCUT2D eigenvalue weighted by molar-refractivity contribution is 5.99. The number of piperazine rings is 1. The number of oxazole rings is 1. The average molecular weight is 940 g/mol. The van der Waals surface area contributed by atoms with E-state index < -0.39 is 12.5 Å². The number of aromatic nitrogens is 9. The monoisotopic (exact) mass is 939 g/mol. The highest BCUT2D eigenvalue weighted by atomic mass is 16.5. The number of carbonyl (C=O) groups is 3. The molecule has 23 nitrogen and oxygen atoms in total. The fraction of sp³-hybridized carbons (Fsp3) is 0.370. The van der Waals surface area contributed by atoms with E-state index in [1.807, 2.05) is 41.9 Å². The van der Waals surface area contributed by atoms with E-state index in [1.165, 1.54) is 24.3 Å². The molecule has 2 aliphatic heterocycles. The standard InChI is InChI=1S/C46H53N17O6/c1-59(2)24-34-25-61(45-51-18-29(19-52-45)17-50-37(65)26-64)11-12-62(34)46-53-20-33(21-54-46)43(67)49-9-14-68-13-8-38(66)60-10-7-30-15-28(3-4-32(30)23-60)22-63-42-39(41(47)55-27-56-42)40(58-63)31-5-6-36-35(16-31)57-44(48)69-36/h3-6,15-16,18-21,27,34,64H,7-14,17,22-26H2,1-2H3,(H2,48,57)(H,49,67)(H,50,65)(H2,47,55,56)/t34-/m1/s1. The number of ether oxygens (including phenoxy) is 1. The molecule has 7 heterocycles. The SMILES string of the molecule is CN(C)C[C@@H]1CN(c2ncc(CNC(=O)CO)cn2)CCN1c1ncc(C(=O)NCCOCCC(=O)N2CCc3cc(Cn4nc(-c5ccc6oc(N)nc6c5)c5c(N)ncnc54)ccc3C2)cn1. The Kier molecular flexibility index (Phi) is 13.8. The Labute approximate surface area is 395 Å². The van der Waals surface area contributed by atoms with E-state index in [4.69, 9.17) is 30.8 Å². The van der Waals surface area contributed by atoms with Gasteiger partial charge >= 0.3 is 0 Å². The number of nitrogen functional groups attached to an aromatic ring is 2. The highest BCUT2D eigenvalue weighted by Gasteiger charge is 2.31. The van der Waals surface area contributed by atoms with Gasteiger partial charge in [-0.2, -0.15) is 10.1 Å². The lowest BCUT2D eigenvalue weighted by molar-refractivity contribution is -0.133. The number of nitrogens with zero attached hydrogens (tertiary/aromatic N) is 13. The Bertz CT molecular complexity index is 2960. The molecule has 1 saturated heterocycles. The van der Waals surface area contributed by atoms with Gasteiger partial charge in [-0.15, -0.1) is 0 Å². The minimum Gasteiger partial charge on any atom is -0.424 e. The zero-order valence-corrected chi connectivity index (χ0v) is 38.3. The van der Waals surface area contributed by atoms with Crippen molar-refractivity contribution in [2.75, 3.05) is 94.5 Å². The van der Waals surface area contributed by atoms with Crippen LogP contribution in [0.5, 0.6) is 0 Å². The smallest absolute Gasteiger partial charge is 0.292 e. The van der Waals surface area contributed by atoms with Gasteiger partial charge in [-0.25, -0.2) is 34.6 Å². The van der Waals surface area contributed by atoms with Crippen LogP contribution in [0.4, 0.5) is 23.7 Å². The minimum atomic E-state index is -0.575. The summed E-state index contributed by atoms with van der Waals surface area (Å²) in [5.41, 5.74) is 19.7. The number of nitrogens with one attached hydrogen (secondary N) is 2. The fourth-order valence-corrected chi connectivity index (χ4v) is 8.61. The third-order valence-electron chi connectivity index (χ3n) is 12.0. The van der Waals surface area contributed by atoms with Crippen LogP contribution in [0.15, 0.2) is 71.9 Å². The lowest BCUT2D eigenvalue weighted by Crippen LogP contribution is -2.57. The molecule has 0 unspecified atom stereocenters. The van der Waals surface area contributed by atoms with Crippen LogP contribution in [0.3, 0.4) is 0 Å². The summed E-state index contributed by atoms with van der Waals surface area (Å²) in [5.74, 6) is 0.635. The van der Waals surface area contributed by atoms with Crippen LogP contribution in [0.2, 0.25) is 0 Å². The van der Waals surface area contributed by atoms with Crippen molar-refractivity contribution < 1.29 is 28.6 Å². The van der Waals surface area contributed by atoms with Crippen LogP contribution in [-0.4, -0.2) is 157 Å². The molecule has 0 bridgehead atoms. The van der Waals surface area contributed by atoms with E-state index in [0.29, 0.717) is 96.8 Å². The largest absolute Gasteiger partial charge is 0.424 e. The van der Waals surface area contributed by atoms with Crippen LogP contribution >= 0.6 is 0 Å². The number of amides is 3. The van der Waals surface area contributed by atoms with Crippen molar-refractivity contribution in [3.8, 4) is 11.3 Å². The predicted molar refractivity (Wildman–Crippen MR) is 254 cm³/mol. The second-order valence-electron chi connectivity index (χ2n) is 17.1. The van der Waals surface area contributed by atoms with Gasteiger partial charge in [0.1, 0.15) is 30.0 Å². The first kappa shape index (κ1) is 46.2. The van der Waals surface area contributed by atoms with Gasteiger partial charge in [0, 0.05) is 88.3 Å². The summed E-state index contributed by atoms with van der Waals surface area (Å²) >= 11 is 0. The van der Waals surface area contributed by atoms with Crippen molar-refractivity contribution >= 4 is 63.6 Å². The van der Waals surface area contributed by atoms with E-state index in [1.54, 1.807) is 18.5 Å². The van der Waals surface area contributed by atoms with Crippen molar-refractivity contribution in [2.45, 2.75) is 38.5 Å². The summed E-state index contributed by atoms with van der Waals surface area (Å²) in [5, 5.41) is 20.0. The molecule has 1 atom stereocenters. The predicted octanol–water partition coefficient (Wildman–Crippen LogP) is 1.01. The number of aliphatic hydroxyl groups excluding tert-OH is 1. The Balaban J connectivity index is 0.715. The zero-order chi connectivity index (χ0) is 48.0. The Morgan fingerprint density at radius 3 is 2.51 bits per heavy atom. The molecule has 7 N–H and O–H groups in total. The molecule has 0 aliphatic carbocycles. The van der Waals surface area contributed by atoms with E-state index in [2.05, 4.69) is 72.4 Å². The van der Waals surface area contributed by atoms with Gasteiger partial charge in [-0.1, -0.05) is 18.2 Å². The molecule has 2 aliphatic rings. The van der Waals surface area contributed by atoms with Gasteiger partial charge in [-0.05, 0) is 55.4 Å². The maximum Gasteiger partial charge on any atom is 0.292 e. The van der Waals surface area contributed by atoms with Gasteiger partial charge in [0.2, 0.25) is 23.7 Å². The molecule has 3 amide bonds. The number of hydrogen-bond donors (Lipinski definition) is 5. The van der Waals surface area contributed by atoms with Crippen LogP contribution in [0, 0.1) is 0 Å². The van der Waals surface area contributed by atoms with Gasteiger partial charge in [0.25, 0.3) is 11.9 Å². The first-order chi connectivity index (χ1) is 33.5. The quantitative estimate of drug-likeness (QED) is 0.0797. The first-order valence-electron chi connectivity index (χ1n) is 22.5. The normalized spacial score (nSPS) is 15.0. The van der Waals surface area contributed by atoms with Crippen molar-refractivity contribution in [3.05, 3.63) is 95.3 Å². The molecule has 1 fully saturated rings. The topological polar surface area (TPSA) is 291 Å². The number of likely N-dealkylation sites (N-methyl/N-ethyl adjacent to an activating group) is 1. The number of hydrogen-bond acceptors (Lipinski definition) is 19. The summed E-state index contributed by atoms with van der Waals surface area (Å²) in [6, 6.07) is 11.9. The number of aliphatic hydroxyl groups is 1. The minimum absolute atomic E-state index is 0.00483. The number of anilines is 4. The highest BCUT2D eigenvalue weighted by Crippen LogP contribution is 2.33. The van der Waals surface area contributed by atoms with Crippen LogP contribution in [0.25, 0.3) is 33.4 Å². The number of nitrogens with two attached hydrogens (primary N) is 2. The van der Waals surface area contributed by atoms with Crippen molar-refractivity contribution in [2.24, 2.45) is 0 Å². The molecule has 358 valence electrons. The van der Waals surface area contributed by atoms with Gasteiger partial charge < -0.3 is 56.0 Å². The molecular weight excluding hydrogens is 887 g/mol. The maximum atomic E-state index is 13.2. The fourth-order valence-electron chi connectivity index (χ4n) is 8.61. The summed E-state index contributed by atoms with van der Waals surface area (Å²) < 4.78 is 13.0. The molecule has 23 heteroatoms. The molecule has 69 heavy (non-hydrogen) atoms. The summed E-state index contributed by atoms with van der Waals surface area (Å²) in [6.45, 7) is 4.50. The third-order valence-corrected chi connectivity index (χ3v) is 12.0. The van der Waals surface area contributed by atoms with Crippen molar-refractivity contribution in [1.82, 2.24) is 65.1 Å². The lowest BCUT2D eigenvalue weighted by Gasteiger charge is -2.42.